The highest BCUT2D eigenvalue weighted by Gasteiger charge is 1.80. The molecule has 0 unspecified atom stereocenters. The summed E-state index contributed by atoms with van der Waals surface area (Å²) in [5.74, 6) is 0. The molecule has 0 radical (unpaired) electrons. The summed E-state index contributed by atoms with van der Waals surface area (Å²) < 4.78 is 0. The first-order chi connectivity index (χ1) is 5.00. The van der Waals surface area contributed by atoms with E-state index in [1.165, 1.54) is 19.3 Å². The quantitative estimate of drug-likeness (QED) is 0.446. The molecule has 1 rings (SSSR count). The molecule has 0 bridgehead atoms. The molecular formula is C10H14. The lowest BCUT2D eigenvalue weighted by Gasteiger charge is -1.91. The lowest BCUT2D eigenvalue weighted by atomic mass is 10.2. The van der Waals surface area contributed by atoms with Gasteiger partial charge in [0, 0.05) is 0 Å². The topological polar surface area (TPSA) is 0 Å². The summed E-state index contributed by atoms with van der Waals surface area (Å²) in [7, 11) is 0. The molecule has 0 aliphatic heterocycles. The molecule has 0 aromatic rings. The van der Waals surface area contributed by atoms with Crippen LogP contribution in [-0.4, -0.2) is 0 Å². The second-order valence-corrected chi connectivity index (χ2v) is 2.49. The molecule has 10 heavy (non-hydrogen) atoms. The molecular weight excluding hydrogens is 120 g/mol. The summed E-state index contributed by atoms with van der Waals surface area (Å²) in [4.78, 5) is 0. The van der Waals surface area contributed by atoms with Crippen molar-refractivity contribution in [3.05, 3.63) is 36.5 Å². The fourth-order valence-electron chi connectivity index (χ4n) is 0.978. The molecule has 0 heterocycles. The molecule has 0 saturated heterocycles. The van der Waals surface area contributed by atoms with E-state index >= 15 is 0 Å². The third kappa shape index (κ3) is 3.29. The van der Waals surface area contributed by atoms with E-state index in [2.05, 4.69) is 36.5 Å². The van der Waals surface area contributed by atoms with Crippen molar-refractivity contribution in [2.75, 3.05) is 0 Å². The van der Waals surface area contributed by atoms with Crippen molar-refractivity contribution in [1.29, 1.82) is 0 Å². The molecule has 0 nitrogen and oxygen atoms in total. The van der Waals surface area contributed by atoms with E-state index in [1.807, 2.05) is 0 Å². The molecule has 0 spiro atoms. The van der Waals surface area contributed by atoms with Gasteiger partial charge in [-0.25, -0.2) is 0 Å². The van der Waals surface area contributed by atoms with Crippen LogP contribution in [0.15, 0.2) is 36.5 Å². The molecule has 0 atom stereocenters. The lowest BCUT2D eigenvalue weighted by Crippen LogP contribution is -1.70. The van der Waals surface area contributed by atoms with E-state index in [0.29, 0.717) is 0 Å². The second kappa shape index (κ2) is 5.04. The predicted molar refractivity (Wildman–Crippen MR) is 45.9 cm³/mol. The molecule has 0 amide bonds. The van der Waals surface area contributed by atoms with Gasteiger partial charge < -0.3 is 0 Å². The summed E-state index contributed by atoms with van der Waals surface area (Å²) in [6.07, 6.45) is 18.0. The van der Waals surface area contributed by atoms with Crippen molar-refractivity contribution >= 4 is 0 Å². The smallest absolute Gasteiger partial charge is 0.0166 e. The Balaban J connectivity index is 2.38. The molecule has 0 heteroatoms. The molecule has 54 valence electrons. The SMILES string of the molecule is C1=CC/C=C\CCC/C=C\1. The maximum atomic E-state index is 2.27. The van der Waals surface area contributed by atoms with Gasteiger partial charge in [-0.05, 0) is 25.7 Å². The van der Waals surface area contributed by atoms with Gasteiger partial charge in [0.05, 0.1) is 0 Å². The van der Waals surface area contributed by atoms with E-state index < -0.39 is 0 Å². The average Bonchev–Trinajstić information content (AvgIpc) is 2.01. The van der Waals surface area contributed by atoms with E-state index in [1.54, 1.807) is 0 Å². The van der Waals surface area contributed by atoms with E-state index in [-0.39, 0.29) is 0 Å². The molecule has 0 saturated carbocycles. The zero-order chi connectivity index (χ0) is 7.07. The van der Waals surface area contributed by atoms with Crippen LogP contribution >= 0.6 is 0 Å². The summed E-state index contributed by atoms with van der Waals surface area (Å²) in [6, 6.07) is 0. The number of rotatable bonds is 0. The highest BCUT2D eigenvalue weighted by molar-refractivity contribution is 5.05. The van der Waals surface area contributed by atoms with Gasteiger partial charge in [-0.2, -0.15) is 0 Å². The third-order valence-corrected chi connectivity index (χ3v) is 1.56. The van der Waals surface area contributed by atoms with Gasteiger partial charge in [0.25, 0.3) is 0 Å². The van der Waals surface area contributed by atoms with Crippen LogP contribution in [0.1, 0.15) is 25.7 Å². The Morgan fingerprint density at radius 1 is 0.700 bits per heavy atom. The van der Waals surface area contributed by atoms with Crippen molar-refractivity contribution in [2.45, 2.75) is 25.7 Å². The van der Waals surface area contributed by atoms with Gasteiger partial charge >= 0.3 is 0 Å². The Bertz CT molecular complexity index is 149. The van der Waals surface area contributed by atoms with Crippen molar-refractivity contribution in [2.24, 2.45) is 0 Å². The maximum absolute atomic E-state index is 2.27. The van der Waals surface area contributed by atoms with Crippen LogP contribution in [0.5, 0.6) is 0 Å². The molecule has 1 aliphatic rings. The van der Waals surface area contributed by atoms with Crippen LogP contribution in [0.2, 0.25) is 0 Å². The molecule has 1 aliphatic carbocycles. The number of allylic oxidation sites excluding steroid dienone is 6. The first kappa shape index (κ1) is 7.33. The largest absolute Gasteiger partial charge is 0.0882 e. The van der Waals surface area contributed by atoms with E-state index in [0.717, 1.165) is 6.42 Å². The van der Waals surface area contributed by atoms with Gasteiger partial charge in [-0.15, -0.1) is 0 Å². The Morgan fingerprint density at radius 3 is 2.50 bits per heavy atom. The molecule has 0 aromatic heterocycles. The van der Waals surface area contributed by atoms with Gasteiger partial charge in [-0.3, -0.25) is 0 Å². The summed E-state index contributed by atoms with van der Waals surface area (Å²) in [5.41, 5.74) is 0. The van der Waals surface area contributed by atoms with Crippen molar-refractivity contribution in [3.63, 3.8) is 0 Å². The van der Waals surface area contributed by atoms with Crippen molar-refractivity contribution < 1.29 is 0 Å². The van der Waals surface area contributed by atoms with Crippen LogP contribution in [-0.2, 0) is 0 Å². The van der Waals surface area contributed by atoms with Crippen LogP contribution in [0.4, 0.5) is 0 Å². The van der Waals surface area contributed by atoms with E-state index in [4.69, 9.17) is 0 Å². The first-order valence-electron chi connectivity index (χ1n) is 3.97. The molecule has 0 fully saturated rings. The Kier molecular flexibility index (Phi) is 3.69. The normalized spacial score (nSPS) is 25.6. The van der Waals surface area contributed by atoms with Gasteiger partial charge in [-0.1, -0.05) is 36.5 Å². The summed E-state index contributed by atoms with van der Waals surface area (Å²) >= 11 is 0. The highest BCUT2D eigenvalue weighted by atomic mass is 13.9. The zero-order valence-electron chi connectivity index (χ0n) is 6.29. The van der Waals surface area contributed by atoms with Gasteiger partial charge in [0.1, 0.15) is 0 Å². The zero-order valence-corrected chi connectivity index (χ0v) is 6.29. The number of hydrogen-bond donors (Lipinski definition) is 0. The summed E-state index contributed by atoms with van der Waals surface area (Å²) in [5, 5.41) is 0. The summed E-state index contributed by atoms with van der Waals surface area (Å²) in [6.45, 7) is 0. The Hall–Kier alpha value is -0.780. The second-order valence-electron chi connectivity index (χ2n) is 2.49. The lowest BCUT2D eigenvalue weighted by molar-refractivity contribution is 0.865. The van der Waals surface area contributed by atoms with Crippen molar-refractivity contribution in [1.82, 2.24) is 0 Å². The minimum atomic E-state index is 1.09. The van der Waals surface area contributed by atoms with Gasteiger partial charge in [0.2, 0.25) is 0 Å². The van der Waals surface area contributed by atoms with Crippen LogP contribution in [0, 0.1) is 0 Å². The van der Waals surface area contributed by atoms with Crippen LogP contribution < -0.4 is 0 Å². The standard InChI is InChI=1S/C10H14/c1-2-4-6-8-10-9-7-5-3-1/h1-4,7,9H,5-6,8,10H2/b3-1?,4-2-,9-7-. The van der Waals surface area contributed by atoms with E-state index in [9.17, 15) is 0 Å². The van der Waals surface area contributed by atoms with Crippen LogP contribution in [0.3, 0.4) is 0 Å². The fraction of sp³-hybridized carbons (Fsp3) is 0.400. The fourth-order valence-corrected chi connectivity index (χ4v) is 0.978. The molecule has 0 aromatic carbocycles. The first-order valence-corrected chi connectivity index (χ1v) is 3.97. The van der Waals surface area contributed by atoms with Crippen LogP contribution in [0.25, 0.3) is 0 Å². The highest BCUT2D eigenvalue weighted by Crippen LogP contribution is 2.01. The van der Waals surface area contributed by atoms with Gasteiger partial charge in [0.15, 0.2) is 0 Å². The minimum absolute atomic E-state index is 1.09. The number of hydrogen-bond acceptors (Lipinski definition) is 0. The Morgan fingerprint density at radius 2 is 1.50 bits per heavy atom. The monoisotopic (exact) mass is 134 g/mol. The predicted octanol–water partition coefficient (Wildman–Crippen LogP) is 3.23. The van der Waals surface area contributed by atoms with Crippen molar-refractivity contribution in [3.8, 4) is 0 Å². The molecule has 0 N–H and O–H groups in total. The Labute approximate surface area is 62.9 Å². The third-order valence-electron chi connectivity index (χ3n) is 1.56. The average molecular weight is 134 g/mol. The maximum Gasteiger partial charge on any atom is -0.0166 e. The minimum Gasteiger partial charge on any atom is -0.0882 e.